The monoisotopic (exact) mass is 273 g/mol. The van der Waals surface area contributed by atoms with Crippen molar-refractivity contribution in [2.24, 2.45) is 10.4 Å². The minimum Gasteiger partial charge on any atom is -0.256 e. The highest BCUT2D eigenvalue weighted by molar-refractivity contribution is 5.98. The fourth-order valence-electron chi connectivity index (χ4n) is 2.77. The van der Waals surface area contributed by atoms with Crippen molar-refractivity contribution in [3.8, 4) is 0 Å². The maximum absolute atomic E-state index is 4.91. The van der Waals surface area contributed by atoms with Gasteiger partial charge in [0.15, 0.2) is 0 Å². The molecule has 0 radical (unpaired) electrons. The summed E-state index contributed by atoms with van der Waals surface area (Å²) in [5.74, 6) is 0. The van der Waals surface area contributed by atoms with Crippen molar-refractivity contribution in [1.82, 2.24) is 0 Å². The third-order valence-corrected chi connectivity index (χ3v) is 3.81. The van der Waals surface area contributed by atoms with Gasteiger partial charge in [-0.2, -0.15) is 0 Å². The number of aliphatic imine (C=N–C) groups is 1. The second kappa shape index (κ2) is 7.06. The molecule has 0 amide bonds. The predicted molar refractivity (Wildman–Crippen MR) is 91.4 cm³/mol. The Bertz CT molecular complexity index is 475. The van der Waals surface area contributed by atoms with E-state index in [0.717, 1.165) is 6.42 Å². The van der Waals surface area contributed by atoms with Crippen LogP contribution in [0, 0.1) is 5.41 Å². The zero-order chi connectivity index (χ0) is 15.3. The molecule has 1 aliphatic carbocycles. The maximum atomic E-state index is 4.91. The molecule has 0 aromatic heterocycles. The van der Waals surface area contributed by atoms with E-state index in [9.17, 15) is 0 Å². The van der Waals surface area contributed by atoms with E-state index < -0.39 is 0 Å². The first-order valence-corrected chi connectivity index (χ1v) is 8.27. The van der Waals surface area contributed by atoms with Gasteiger partial charge in [0.1, 0.15) is 0 Å². The van der Waals surface area contributed by atoms with Crippen LogP contribution in [-0.2, 0) is 19.3 Å². The van der Waals surface area contributed by atoms with Crippen molar-refractivity contribution in [2.45, 2.75) is 74.1 Å². The standard InChI is InChI=1S/C15H19N.2C2H6/c1-15(2,3)13-9-11-8-7-10-5-4-6-12(10)14(11)16-13;2*1-2/h7-8H,4-6,9H2,1-3H3;2*1-2H3. The van der Waals surface area contributed by atoms with Crippen LogP contribution < -0.4 is 0 Å². The summed E-state index contributed by atoms with van der Waals surface area (Å²) >= 11 is 0. The van der Waals surface area contributed by atoms with Crippen molar-refractivity contribution < 1.29 is 0 Å². The molecule has 1 aromatic carbocycles. The second-order valence-corrected chi connectivity index (χ2v) is 6.05. The average molecular weight is 273 g/mol. The van der Waals surface area contributed by atoms with Crippen LogP contribution in [0.15, 0.2) is 17.1 Å². The molecule has 112 valence electrons. The molecule has 0 fully saturated rings. The van der Waals surface area contributed by atoms with Crippen molar-refractivity contribution in [3.63, 3.8) is 0 Å². The van der Waals surface area contributed by atoms with Crippen LogP contribution in [0.2, 0.25) is 0 Å². The van der Waals surface area contributed by atoms with Crippen molar-refractivity contribution in [1.29, 1.82) is 0 Å². The summed E-state index contributed by atoms with van der Waals surface area (Å²) in [4.78, 5) is 4.91. The van der Waals surface area contributed by atoms with Crippen LogP contribution >= 0.6 is 0 Å². The highest BCUT2D eigenvalue weighted by atomic mass is 14.8. The summed E-state index contributed by atoms with van der Waals surface area (Å²) in [6.07, 6.45) is 4.86. The molecule has 2 aliphatic rings. The lowest BCUT2D eigenvalue weighted by atomic mass is 9.87. The molecule has 1 aromatic rings. The minimum absolute atomic E-state index is 0.213. The first kappa shape index (κ1) is 16.9. The summed E-state index contributed by atoms with van der Waals surface area (Å²) in [6.45, 7) is 14.8. The first-order chi connectivity index (χ1) is 9.55. The van der Waals surface area contributed by atoms with E-state index in [-0.39, 0.29) is 5.41 Å². The third-order valence-electron chi connectivity index (χ3n) is 3.81. The average Bonchev–Trinajstić information content (AvgIpc) is 3.08. The first-order valence-electron chi connectivity index (χ1n) is 8.27. The van der Waals surface area contributed by atoms with Crippen LogP contribution in [0.5, 0.6) is 0 Å². The Morgan fingerprint density at radius 1 is 0.900 bits per heavy atom. The van der Waals surface area contributed by atoms with Gasteiger partial charge in [-0.3, -0.25) is 4.99 Å². The molecule has 0 spiro atoms. The number of fused-ring (bicyclic) bond motifs is 3. The fraction of sp³-hybridized carbons (Fsp3) is 0.632. The number of rotatable bonds is 0. The minimum atomic E-state index is 0.213. The summed E-state index contributed by atoms with van der Waals surface area (Å²) < 4.78 is 0. The van der Waals surface area contributed by atoms with Crippen LogP contribution in [-0.4, -0.2) is 5.71 Å². The molecule has 1 nitrogen and oxygen atoms in total. The molecule has 0 bridgehead atoms. The zero-order valence-electron chi connectivity index (χ0n) is 14.4. The molecule has 3 rings (SSSR count). The summed E-state index contributed by atoms with van der Waals surface area (Å²) in [7, 11) is 0. The van der Waals surface area contributed by atoms with Gasteiger partial charge in [0.25, 0.3) is 0 Å². The van der Waals surface area contributed by atoms with Crippen LogP contribution in [0.3, 0.4) is 0 Å². The number of hydrogen-bond donors (Lipinski definition) is 0. The molecular formula is C19H31N. The van der Waals surface area contributed by atoms with Crippen LogP contribution in [0.4, 0.5) is 5.69 Å². The predicted octanol–water partition coefficient (Wildman–Crippen LogP) is 5.90. The van der Waals surface area contributed by atoms with Gasteiger partial charge < -0.3 is 0 Å². The Labute approximate surface area is 125 Å². The highest BCUT2D eigenvalue weighted by Crippen LogP contribution is 2.40. The van der Waals surface area contributed by atoms with Gasteiger partial charge in [0.2, 0.25) is 0 Å². The topological polar surface area (TPSA) is 12.4 Å². The lowest BCUT2D eigenvalue weighted by Gasteiger charge is -2.17. The fourth-order valence-corrected chi connectivity index (χ4v) is 2.77. The van der Waals surface area contributed by atoms with E-state index in [1.54, 1.807) is 0 Å². The molecule has 0 saturated heterocycles. The van der Waals surface area contributed by atoms with E-state index in [1.165, 1.54) is 47.4 Å². The lowest BCUT2D eigenvalue weighted by molar-refractivity contribution is 0.584. The molecule has 0 unspecified atom stereocenters. The summed E-state index contributed by atoms with van der Waals surface area (Å²) in [5, 5.41) is 0. The van der Waals surface area contributed by atoms with Crippen molar-refractivity contribution in [3.05, 3.63) is 28.8 Å². The SMILES string of the molecule is CC.CC.CC(C)(C)C1=Nc2c(ccc3c2CCC3)C1. The van der Waals surface area contributed by atoms with Gasteiger partial charge in [0, 0.05) is 17.5 Å². The molecule has 1 heterocycles. The van der Waals surface area contributed by atoms with Gasteiger partial charge in [-0.1, -0.05) is 60.6 Å². The van der Waals surface area contributed by atoms with E-state index in [4.69, 9.17) is 4.99 Å². The molecule has 20 heavy (non-hydrogen) atoms. The van der Waals surface area contributed by atoms with Gasteiger partial charge in [-0.05, 0) is 36.0 Å². The number of nitrogens with zero attached hydrogens (tertiary/aromatic N) is 1. The third kappa shape index (κ3) is 3.31. The number of hydrogen-bond acceptors (Lipinski definition) is 1. The molecule has 0 atom stereocenters. The van der Waals surface area contributed by atoms with Crippen LogP contribution in [0.1, 0.15) is 71.6 Å². The lowest BCUT2D eigenvalue weighted by Crippen LogP contribution is -2.19. The largest absolute Gasteiger partial charge is 0.256 e. The van der Waals surface area contributed by atoms with Gasteiger partial charge in [-0.25, -0.2) is 0 Å². The summed E-state index contributed by atoms with van der Waals surface area (Å²) in [5.41, 5.74) is 7.41. The Hall–Kier alpha value is -1.11. The van der Waals surface area contributed by atoms with E-state index >= 15 is 0 Å². The Morgan fingerprint density at radius 2 is 1.50 bits per heavy atom. The van der Waals surface area contributed by atoms with E-state index in [1.807, 2.05) is 27.7 Å². The molecule has 0 N–H and O–H groups in total. The zero-order valence-corrected chi connectivity index (χ0v) is 14.4. The highest BCUT2D eigenvalue weighted by Gasteiger charge is 2.28. The molecule has 1 heteroatoms. The van der Waals surface area contributed by atoms with Gasteiger partial charge in [-0.15, -0.1) is 0 Å². The number of aryl methyl sites for hydroxylation is 1. The van der Waals surface area contributed by atoms with Gasteiger partial charge >= 0.3 is 0 Å². The van der Waals surface area contributed by atoms with Gasteiger partial charge in [0.05, 0.1) is 5.69 Å². The quantitative estimate of drug-likeness (QED) is 0.558. The Balaban J connectivity index is 0.000000461. The summed E-state index contributed by atoms with van der Waals surface area (Å²) in [6, 6.07) is 4.62. The Kier molecular flexibility index (Phi) is 5.98. The second-order valence-electron chi connectivity index (χ2n) is 6.05. The number of benzene rings is 1. The maximum Gasteiger partial charge on any atom is 0.0699 e. The molecule has 1 aliphatic heterocycles. The molecular weight excluding hydrogens is 242 g/mol. The Morgan fingerprint density at radius 3 is 2.10 bits per heavy atom. The normalized spacial score (nSPS) is 15.2. The van der Waals surface area contributed by atoms with Crippen LogP contribution in [0.25, 0.3) is 0 Å². The van der Waals surface area contributed by atoms with E-state index in [2.05, 4.69) is 32.9 Å². The van der Waals surface area contributed by atoms with E-state index in [0.29, 0.717) is 0 Å². The van der Waals surface area contributed by atoms with Crippen molar-refractivity contribution in [2.75, 3.05) is 0 Å². The smallest absolute Gasteiger partial charge is 0.0699 e. The molecule has 0 saturated carbocycles. The van der Waals surface area contributed by atoms with Crippen molar-refractivity contribution >= 4 is 11.4 Å².